The highest BCUT2D eigenvalue weighted by atomic mass is 35.5. The number of nitrogens with zero attached hydrogens (tertiary/aromatic N) is 3. The first-order chi connectivity index (χ1) is 14.6. The van der Waals surface area contributed by atoms with Crippen LogP contribution in [0.25, 0.3) is 6.08 Å². The Morgan fingerprint density at radius 3 is 2.69 bits per heavy atom. The number of pyridine rings is 1. The third-order valence-electron chi connectivity index (χ3n) is 6.15. The van der Waals surface area contributed by atoms with Crippen LogP contribution in [0.2, 0.25) is 0 Å². The zero-order chi connectivity index (χ0) is 20.9. The molecule has 1 fully saturated rings. The molecule has 8 heteroatoms. The largest absolute Gasteiger partial charge is 0.493 e. The minimum absolute atomic E-state index is 0. The number of benzene rings is 1. The Kier molecular flexibility index (Phi) is 9.66. The maximum absolute atomic E-state index is 7.68. The number of nitrogens with one attached hydrogen (secondary N) is 1. The first-order valence-corrected chi connectivity index (χ1v) is 10.8. The zero-order valence-electron chi connectivity index (χ0n) is 18.5. The van der Waals surface area contributed by atoms with Gasteiger partial charge < -0.3 is 20.3 Å². The molecule has 0 bridgehead atoms. The summed E-state index contributed by atoms with van der Waals surface area (Å²) in [6, 6.07) is 8.48. The predicted molar refractivity (Wildman–Crippen MR) is 136 cm³/mol. The van der Waals surface area contributed by atoms with Crippen molar-refractivity contribution in [1.82, 2.24) is 9.88 Å². The molecule has 1 saturated heterocycles. The number of hydrogen-bond acceptors (Lipinski definition) is 4. The Morgan fingerprint density at radius 2 is 1.97 bits per heavy atom. The molecule has 0 amide bonds. The molecule has 32 heavy (non-hydrogen) atoms. The van der Waals surface area contributed by atoms with Gasteiger partial charge in [-0.05, 0) is 61.4 Å². The van der Waals surface area contributed by atoms with Crippen molar-refractivity contribution in [3.8, 4) is 5.75 Å². The quantitative estimate of drug-likeness (QED) is 0.489. The maximum Gasteiger partial charge on any atom is 0.188 e. The van der Waals surface area contributed by atoms with Gasteiger partial charge in [0.1, 0.15) is 5.75 Å². The van der Waals surface area contributed by atoms with Crippen LogP contribution in [0.1, 0.15) is 36.5 Å². The summed E-state index contributed by atoms with van der Waals surface area (Å²) in [4.78, 5) is 8.63. The van der Waals surface area contributed by atoms with Crippen LogP contribution in [-0.2, 0) is 13.0 Å². The minimum Gasteiger partial charge on any atom is -0.493 e. The normalized spacial score (nSPS) is 16.2. The third-order valence-corrected chi connectivity index (χ3v) is 6.15. The molecule has 174 valence electrons. The lowest BCUT2D eigenvalue weighted by molar-refractivity contribution is 0.222. The van der Waals surface area contributed by atoms with Crippen LogP contribution < -0.4 is 15.4 Å². The summed E-state index contributed by atoms with van der Waals surface area (Å²) in [5.74, 6) is 1.63. The summed E-state index contributed by atoms with van der Waals surface area (Å²) >= 11 is 0. The van der Waals surface area contributed by atoms with E-state index in [-0.39, 0.29) is 30.8 Å². The summed E-state index contributed by atoms with van der Waals surface area (Å²) in [7, 11) is 0. The highest BCUT2D eigenvalue weighted by Gasteiger charge is 2.22. The number of fused-ring (bicyclic) bond motifs is 1. The van der Waals surface area contributed by atoms with Gasteiger partial charge in [-0.2, -0.15) is 0 Å². The molecule has 1 aromatic heterocycles. The molecule has 1 aromatic carbocycles. The topological polar surface area (TPSA) is 78.5 Å². The smallest absolute Gasteiger partial charge is 0.188 e. The molecule has 0 spiro atoms. The molecule has 2 aliphatic rings. The van der Waals surface area contributed by atoms with Crippen molar-refractivity contribution >= 4 is 42.5 Å². The van der Waals surface area contributed by atoms with Crippen molar-refractivity contribution in [3.05, 3.63) is 59.4 Å². The maximum atomic E-state index is 7.68. The van der Waals surface area contributed by atoms with Crippen LogP contribution in [0.3, 0.4) is 0 Å². The summed E-state index contributed by atoms with van der Waals surface area (Å²) in [6.07, 6.45) is 11.2. The Morgan fingerprint density at radius 1 is 1.19 bits per heavy atom. The molecule has 0 atom stereocenters. The number of piperidine rings is 1. The molecule has 3 heterocycles. The number of guanidine groups is 1. The van der Waals surface area contributed by atoms with Gasteiger partial charge in [-0.15, -0.1) is 24.8 Å². The standard InChI is InChI=1S/C24H31N5O.2ClH/c1-2-3-20-15-27-10-6-23(20)28-11-7-18(8-12-28)17-30-22-5-4-19-9-13-29(24(25)26)16-21(19)14-22;;/h2-6,10,14-15,18H,7-9,11-13,16-17H2,1H3,(H3,25,26);2*1H/b3-2+;;. The molecular weight excluding hydrogens is 445 g/mol. The van der Waals surface area contributed by atoms with Crippen molar-refractivity contribution in [2.75, 3.05) is 31.1 Å². The summed E-state index contributed by atoms with van der Waals surface area (Å²) in [6.45, 7) is 6.38. The number of halogens is 2. The Labute approximate surface area is 203 Å². The molecule has 3 N–H and O–H groups in total. The van der Waals surface area contributed by atoms with Gasteiger partial charge in [-0.3, -0.25) is 10.4 Å². The van der Waals surface area contributed by atoms with Crippen LogP contribution >= 0.6 is 24.8 Å². The van der Waals surface area contributed by atoms with Gasteiger partial charge in [0.15, 0.2) is 5.96 Å². The van der Waals surface area contributed by atoms with E-state index in [1.807, 2.05) is 24.2 Å². The number of aromatic nitrogens is 1. The Bertz CT molecular complexity index is 928. The lowest BCUT2D eigenvalue weighted by Crippen LogP contribution is -2.40. The molecule has 0 unspecified atom stereocenters. The first kappa shape index (κ1) is 25.8. The SMILES string of the molecule is C/C=C/c1cnccc1N1CCC(COc2ccc3c(c2)CN(C(=N)N)CC3)CC1.Cl.Cl. The van der Waals surface area contributed by atoms with E-state index in [0.29, 0.717) is 12.5 Å². The predicted octanol–water partition coefficient (Wildman–Crippen LogP) is 4.51. The molecule has 2 aliphatic heterocycles. The van der Waals surface area contributed by atoms with E-state index < -0.39 is 0 Å². The molecular formula is C24H33Cl2N5O. The van der Waals surface area contributed by atoms with Crippen molar-refractivity contribution in [2.24, 2.45) is 11.7 Å². The van der Waals surface area contributed by atoms with Gasteiger partial charge in [0.05, 0.1) is 6.61 Å². The van der Waals surface area contributed by atoms with E-state index in [1.165, 1.54) is 22.4 Å². The number of hydrogen-bond donors (Lipinski definition) is 2. The van der Waals surface area contributed by atoms with Crippen LogP contribution in [0.4, 0.5) is 5.69 Å². The number of ether oxygens (including phenoxy) is 1. The van der Waals surface area contributed by atoms with Crippen LogP contribution in [-0.4, -0.2) is 42.1 Å². The lowest BCUT2D eigenvalue weighted by atomic mass is 9.96. The van der Waals surface area contributed by atoms with Crippen molar-refractivity contribution < 1.29 is 4.74 Å². The summed E-state index contributed by atoms with van der Waals surface area (Å²) < 4.78 is 6.17. The Balaban J connectivity index is 0.00000181. The average molecular weight is 478 g/mol. The van der Waals surface area contributed by atoms with Crippen LogP contribution in [0.15, 0.2) is 42.7 Å². The van der Waals surface area contributed by atoms with Crippen LogP contribution in [0, 0.1) is 11.3 Å². The van der Waals surface area contributed by atoms with E-state index in [4.69, 9.17) is 15.9 Å². The van der Waals surface area contributed by atoms with E-state index in [0.717, 1.165) is 51.3 Å². The number of allylic oxidation sites excluding steroid dienone is 1. The highest BCUT2D eigenvalue weighted by Crippen LogP contribution is 2.28. The fourth-order valence-corrected chi connectivity index (χ4v) is 4.38. The second-order valence-corrected chi connectivity index (χ2v) is 8.16. The lowest BCUT2D eigenvalue weighted by Gasteiger charge is -2.34. The summed E-state index contributed by atoms with van der Waals surface area (Å²) in [5, 5.41) is 7.68. The minimum atomic E-state index is 0. The second kappa shape index (κ2) is 12.0. The van der Waals surface area contributed by atoms with E-state index in [9.17, 15) is 0 Å². The van der Waals surface area contributed by atoms with Crippen molar-refractivity contribution in [3.63, 3.8) is 0 Å². The zero-order valence-corrected chi connectivity index (χ0v) is 20.1. The fourth-order valence-electron chi connectivity index (χ4n) is 4.38. The van der Waals surface area contributed by atoms with Gasteiger partial charge in [0.2, 0.25) is 0 Å². The van der Waals surface area contributed by atoms with E-state index >= 15 is 0 Å². The molecule has 6 nitrogen and oxygen atoms in total. The number of nitrogens with two attached hydrogens (primary N) is 1. The van der Waals surface area contributed by atoms with Gasteiger partial charge in [-0.1, -0.05) is 18.2 Å². The third kappa shape index (κ3) is 6.08. The second-order valence-electron chi connectivity index (χ2n) is 8.16. The molecule has 0 saturated carbocycles. The number of rotatable bonds is 5. The fraction of sp³-hybridized carbons (Fsp3) is 0.417. The van der Waals surface area contributed by atoms with E-state index in [2.05, 4.69) is 46.3 Å². The van der Waals surface area contributed by atoms with E-state index in [1.54, 1.807) is 0 Å². The Hall–Kier alpha value is -2.44. The van der Waals surface area contributed by atoms with Gasteiger partial charge in [0, 0.05) is 49.8 Å². The molecule has 0 aliphatic carbocycles. The average Bonchev–Trinajstić information content (AvgIpc) is 2.78. The first-order valence-electron chi connectivity index (χ1n) is 10.8. The monoisotopic (exact) mass is 477 g/mol. The van der Waals surface area contributed by atoms with Crippen molar-refractivity contribution in [2.45, 2.75) is 32.7 Å². The van der Waals surface area contributed by atoms with Gasteiger partial charge in [-0.25, -0.2) is 0 Å². The van der Waals surface area contributed by atoms with Crippen molar-refractivity contribution in [1.29, 1.82) is 5.41 Å². The molecule has 2 aromatic rings. The number of anilines is 1. The van der Waals surface area contributed by atoms with Gasteiger partial charge >= 0.3 is 0 Å². The highest BCUT2D eigenvalue weighted by molar-refractivity contribution is 5.85. The summed E-state index contributed by atoms with van der Waals surface area (Å²) in [5.41, 5.74) is 10.7. The molecule has 4 rings (SSSR count). The molecule has 0 radical (unpaired) electrons. The van der Waals surface area contributed by atoms with Gasteiger partial charge in [0.25, 0.3) is 0 Å². The van der Waals surface area contributed by atoms with Crippen LogP contribution in [0.5, 0.6) is 5.75 Å².